The number of nitrogens with zero attached hydrogens (tertiary/aromatic N) is 2. The summed E-state index contributed by atoms with van der Waals surface area (Å²) in [6.07, 6.45) is 0.794. The number of urea groups is 1. The molecule has 0 spiro atoms. The number of fused-ring (bicyclic) bond motifs is 1. The molecule has 0 aliphatic rings. The third-order valence-corrected chi connectivity index (χ3v) is 4.34. The third-order valence-electron chi connectivity index (χ3n) is 4.34. The first-order valence-corrected chi connectivity index (χ1v) is 8.80. The van der Waals surface area contributed by atoms with Crippen molar-refractivity contribution in [2.45, 2.75) is 26.4 Å². The SMILES string of the molecule is Cc1nc2ccccc2n1CCCNC(=O)NCc1ccc(C(=O)O)cc1. The van der Waals surface area contributed by atoms with E-state index in [0.29, 0.717) is 13.1 Å². The van der Waals surface area contributed by atoms with Gasteiger partial charge in [0.05, 0.1) is 16.6 Å². The highest BCUT2D eigenvalue weighted by Gasteiger charge is 2.07. The van der Waals surface area contributed by atoms with Gasteiger partial charge in [0.2, 0.25) is 0 Å². The fraction of sp³-hybridized carbons (Fsp3) is 0.250. The van der Waals surface area contributed by atoms with Crippen LogP contribution in [0, 0.1) is 6.92 Å². The molecule has 0 saturated heterocycles. The average molecular weight is 366 g/mol. The second kappa shape index (κ2) is 8.35. The minimum atomic E-state index is -0.965. The molecule has 0 saturated carbocycles. The van der Waals surface area contributed by atoms with Gasteiger partial charge < -0.3 is 20.3 Å². The number of carboxylic acid groups (broad SMARTS) is 1. The maximum Gasteiger partial charge on any atom is 0.335 e. The quantitative estimate of drug-likeness (QED) is 0.560. The summed E-state index contributed by atoms with van der Waals surface area (Å²) < 4.78 is 2.15. The Morgan fingerprint density at radius 1 is 1.07 bits per heavy atom. The first-order valence-electron chi connectivity index (χ1n) is 8.80. The molecule has 1 heterocycles. The molecule has 0 bridgehead atoms. The summed E-state index contributed by atoms with van der Waals surface area (Å²) in [4.78, 5) is 27.2. The number of hydrogen-bond donors (Lipinski definition) is 3. The first-order chi connectivity index (χ1) is 13.0. The van der Waals surface area contributed by atoms with Crippen molar-refractivity contribution in [3.8, 4) is 0 Å². The van der Waals surface area contributed by atoms with E-state index in [2.05, 4.69) is 20.2 Å². The van der Waals surface area contributed by atoms with E-state index in [4.69, 9.17) is 5.11 Å². The van der Waals surface area contributed by atoms with Gasteiger partial charge in [0.1, 0.15) is 5.82 Å². The molecule has 3 N–H and O–H groups in total. The summed E-state index contributed by atoms with van der Waals surface area (Å²) >= 11 is 0. The van der Waals surface area contributed by atoms with E-state index >= 15 is 0 Å². The van der Waals surface area contributed by atoms with Gasteiger partial charge in [0.15, 0.2) is 0 Å². The van der Waals surface area contributed by atoms with Gasteiger partial charge in [0.25, 0.3) is 0 Å². The van der Waals surface area contributed by atoms with Crippen LogP contribution in [0.2, 0.25) is 0 Å². The first kappa shape index (κ1) is 18.4. The Bertz CT molecular complexity index is 948. The highest BCUT2D eigenvalue weighted by molar-refractivity contribution is 5.87. The van der Waals surface area contributed by atoms with Crippen LogP contribution in [0.5, 0.6) is 0 Å². The molecule has 0 fully saturated rings. The highest BCUT2D eigenvalue weighted by Crippen LogP contribution is 2.15. The molecule has 0 atom stereocenters. The smallest absolute Gasteiger partial charge is 0.335 e. The molecule has 3 aromatic rings. The van der Waals surface area contributed by atoms with Crippen LogP contribution in [0.3, 0.4) is 0 Å². The zero-order chi connectivity index (χ0) is 19.2. The monoisotopic (exact) mass is 366 g/mol. The minimum Gasteiger partial charge on any atom is -0.478 e. The molecule has 2 amide bonds. The fourth-order valence-electron chi connectivity index (χ4n) is 2.93. The largest absolute Gasteiger partial charge is 0.478 e. The second-order valence-electron chi connectivity index (χ2n) is 6.26. The van der Waals surface area contributed by atoms with Crippen LogP contribution in [0.4, 0.5) is 4.79 Å². The lowest BCUT2D eigenvalue weighted by Gasteiger charge is -2.09. The number of aryl methyl sites for hydroxylation is 2. The normalized spacial score (nSPS) is 10.7. The summed E-state index contributed by atoms with van der Waals surface area (Å²) in [5.74, 6) is -0.00128. The molecule has 7 heteroatoms. The molecule has 27 heavy (non-hydrogen) atoms. The van der Waals surface area contributed by atoms with Gasteiger partial charge in [0, 0.05) is 19.6 Å². The number of rotatable bonds is 7. The van der Waals surface area contributed by atoms with Crippen molar-refractivity contribution in [1.82, 2.24) is 20.2 Å². The number of aromatic carboxylic acids is 1. The maximum absolute atomic E-state index is 11.9. The van der Waals surface area contributed by atoms with Crippen molar-refractivity contribution < 1.29 is 14.7 Å². The molecular weight excluding hydrogens is 344 g/mol. The zero-order valence-electron chi connectivity index (χ0n) is 15.1. The zero-order valence-corrected chi connectivity index (χ0v) is 15.1. The predicted octanol–water partition coefficient (Wildman–Crippen LogP) is 2.93. The van der Waals surface area contributed by atoms with E-state index in [0.717, 1.165) is 35.4 Å². The van der Waals surface area contributed by atoms with Crippen LogP contribution in [0.15, 0.2) is 48.5 Å². The Balaban J connectivity index is 1.42. The molecule has 0 radical (unpaired) electrons. The summed E-state index contributed by atoms with van der Waals surface area (Å²) in [5, 5.41) is 14.5. The molecule has 0 aliphatic heterocycles. The van der Waals surface area contributed by atoms with Gasteiger partial charge >= 0.3 is 12.0 Å². The van der Waals surface area contributed by atoms with Crippen molar-refractivity contribution in [2.24, 2.45) is 0 Å². The van der Waals surface area contributed by atoms with Crippen molar-refractivity contribution in [3.05, 3.63) is 65.5 Å². The second-order valence-corrected chi connectivity index (χ2v) is 6.26. The van der Waals surface area contributed by atoms with E-state index in [1.54, 1.807) is 12.1 Å². The number of carbonyl (C=O) groups excluding carboxylic acids is 1. The number of benzene rings is 2. The Morgan fingerprint density at radius 2 is 1.81 bits per heavy atom. The van der Waals surface area contributed by atoms with Gasteiger partial charge in [-0.05, 0) is 43.2 Å². The topological polar surface area (TPSA) is 96.3 Å². The fourth-order valence-corrected chi connectivity index (χ4v) is 2.93. The lowest BCUT2D eigenvalue weighted by molar-refractivity contribution is 0.0697. The summed E-state index contributed by atoms with van der Waals surface area (Å²) in [5.41, 5.74) is 3.15. The number of amides is 2. The van der Waals surface area contributed by atoms with Gasteiger partial charge in [-0.25, -0.2) is 14.6 Å². The van der Waals surface area contributed by atoms with Crippen LogP contribution in [0.1, 0.15) is 28.2 Å². The van der Waals surface area contributed by atoms with E-state index in [9.17, 15) is 9.59 Å². The van der Waals surface area contributed by atoms with Crippen LogP contribution < -0.4 is 10.6 Å². The lowest BCUT2D eigenvalue weighted by Crippen LogP contribution is -2.35. The Labute approximate surface area is 157 Å². The van der Waals surface area contributed by atoms with E-state index in [-0.39, 0.29) is 11.6 Å². The maximum atomic E-state index is 11.9. The van der Waals surface area contributed by atoms with Crippen molar-refractivity contribution in [1.29, 1.82) is 0 Å². The summed E-state index contributed by atoms with van der Waals surface area (Å²) in [6.45, 7) is 3.66. The number of imidazole rings is 1. The number of hydrogen-bond acceptors (Lipinski definition) is 3. The number of aromatic nitrogens is 2. The van der Waals surface area contributed by atoms with Gasteiger partial charge in [-0.3, -0.25) is 0 Å². The summed E-state index contributed by atoms with van der Waals surface area (Å²) in [6, 6.07) is 14.2. The molecule has 140 valence electrons. The number of para-hydroxylation sites is 2. The van der Waals surface area contributed by atoms with Crippen molar-refractivity contribution in [3.63, 3.8) is 0 Å². The molecule has 2 aromatic carbocycles. The Hall–Kier alpha value is -3.35. The number of carbonyl (C=O) groups is 2. The number of nitrogens with one attached hydrogen (secondary N) is 2. The number of carboxylic acids is 1. The predicted molar refractivity (Wildman–Crippen MR) is 103 cm³/mol. The molecule has 3 rings (SSSR count). The van der Waals surface area contributed by atoms with E-state index in [1.165, 1.54) is 12.1 Å². The van der Waals surface area contributed by atoms with Gasteiger partial charge in [-0.1, -0.05) is 24.3 Å². The van der Waals surface area contributed by atoms with Crippen LogP contribution in [-0.4, -0.2) is 33.2 Å². The minimum absolute atomic E-state index is 0.227. The molecule has 0 unspecified atom stereocenters. The molecule has 1 aromatic heterocycles. The third kappa shape index (κ3) is 4.63. The molecule has 0 aliphatic carbocycles. The van der Waals surface area contributed by atoms with Crippen molar-refractivity contribution >= 4 is 23.0 Å². The Morgan fingerprint density at radius 3 is 2.56 bits per heavy atom. The average Bonchev–Trinajstić information content (AvgIpc) is 2.99. The van der Waals surface area contributed by atoms with E-state index in [1.807, 2.05) is 31.2 Å². The van der Waals surface area contributed by atoms with Gasteiger partial charge in [-0.15, -0.1) is 0 Å². The standard InChI is InChI=1S/C20H22N4O3/c1-14-23-17-5-2-3-6-18(17)24(14)12-4-11-21-20(27)22-13-15-7-9-16(10-8-15)19(25)26/h2-3,5-10H,4,11-13H2,1H3,(H,25,26)(H2,21,22,27). The van der Waals surface area contributed by atoms with Crippen molar-refractivity contribution in [2.75, 3.05) is 6.54 Å². The van der Waals surface area contributed by atoms with Gasteiger partial charge in [-0.2, -0.15) is 0 Å². The lowest BCUT2D eigenvalue weighted by atomic mass is 10.1. The molecule has 7 nitrogen and oxygen atoms in total. The highest BCUT2D eigenvalue weighted by atomic mass is 16.4. The Kier molecular flexibility index (Phi) is 5.71. The molecular formula is C20H22N4O3. The van der Waals surface area contributed by atoms with Crippen LogP contribution >= 0.6 is 0 Å². The van der Waals surface area contributed by atoms with E-state index < -0.39 is 5.97 Å². The summed E-state index contributed by atoms with van der Waals surface area (Å²) in [7, 11) is 0. The van der Waals surface area contributed by atoms with Crippen LogP contribution in [0.25, 0.3) is 11.0 Å². The van der Waals surface area contributed by atoms with Crippen LogP contribution in [-0.2, 0) is 13.1 Å².